The van der Waals surface area contributed by atoms with Gasteiger partial charge in [-0.3, -0.25) is 24.0 Å². The van der Waals surface area contributed by atoms with Crippen LogP contribution < -0.4 is 16.0 Å². The third kappa shape index (κ3) is 8.88. The lowest BCUT2D eigenvalue weighted by molar-refractivity contribution is -0.141. The van der Waals surface area contributed by atoms with Crippen molar-refractivity contribution < 1.29 is 28.7 Å². The summed E-state index contributed by atoms with van der Waals surface area (Å²) < 4.78 is 5.30. The molecule has 38 heavy (non-hydrogen) atoms. The Labute approximate surface area is 227 Å². The van der Waals surface area contributed by atoms with Crippen LogP contribution in [-0.4, -0.2) is 88.9 Å². The van der Waals surface area contributed by atoms with Crippen molar-refractivity contribution in [2.45, 2.75) is 90.1 Å². The molecule has 14 heteroatoms. The van der Waals surface area contributed by atoms with Crippen molar-refractivity contribution in [3.05, 3.63) is 10.4 Å². The molecule has 0 aliphatic carbocycles. The highest BCUT2D eigenvalue weighted by Gasteiger charge is 2.50. The summed E-state index contributed by atoms with van der Waals surface area (Å²) in [6.45, 7) is 8.96. The van der Waals surface area contributed by atoms with E-state index in [1.165, 1.54) is 23.6 Å². The van der Waals surface area contributed by atoms with E-state index in [0.29, 0.717) is 31.6 Å². The van der Waals surface area contributed by atoms with Crippen LogP contribution in [0.2, 0.25) is 0 Å². The maximum absolute atomic E-state index is 13.3. The van der Waals surface area contributed by atoms with Crippen LogP contribution in [0.15, 0.2) is 5.11 Å². The molecule has 3 N–H and O–H groups in total. The van der Waals surface area contributed by atoms with Gasteiger partial charge in [-0.2, -0.15) is 0 Å². The van der Waals surface area contributed by atoms with E-state index >= 15 is 0 Å². The van der Waals surface area contributed by atoms with Crippen molar-refractivity contribution in [1.82, 2.24) is 20.9 Å². The molecule has 212 valence electrons. The van der Waals surface area contributed by atoms with Gasteiger partial charge in [0.1, 0.15) is 30.3 Å². The zero-order valence-corrected chi connectivity index (χ0v) is 23.5. The van der Waals surface area contributed by atoms with Gasteiger partial charge in [0.25, 0.3) is 0 Å². The van der Waals surface area contributed by atoms with E-state index in [0.717, 1.165) is 6.42 Å². The quantitative estimate of drug-likeness (QED) is 0.118. The minimum Gasteiger partial charge on any atom is -0.361 e. The normalized spacial score (nSPS) is 22.6. The Morgan fingerprint density at radius 3 is 2.42 bits per heavy atom. The summed E-state index contributed by atoms with van der Waals surface area (Å²) in [6.07, 6.45) is 2.31. The van der Waals surface area contributed by atoms with E-state index in [1.807, 2.05) is 20.8 Å². The number of nitrogens with one attached hydrogen (secondary N) is 3. The molecule has 0 spiro atoms. The molecule has 2 heterocycles. The number of epoxide rings is 1. The van der Waals surface area contributed by atoms with Gasteiger partial charge < -0.3 is 25.6 Å². The summed E-state index contributed by atoms with van der Waals surface area (Å²) in [5.74, 6) is -1.43. The molecular weight excluding hydrogens is 514 g/mol. The Bertz CT molecular complexity index is 951. The number of amides is 4. The highest BCUT2D eigenvalue weighted by molar-refractivity contribution is 7.99. The number of nitrogens with zero attached hydrogens (tertiary/aromatic N) is 4. The first-order chi connectivity index (χ1) is 17.9. The van der Waals surface area contributed by atoms with Crippen LogP contribution in [0, 0.1) is 5.92 Å². The zero-order valence-electron chi connectivity index (χ0n) is 22.7. The second-order valence-electron chi connectivity index (χ2n) is 10.3. The molecule has 2 saturated heterocycles. The van der Waals surface area contributed by atoms with Gasteiger partial charge in [-0.15, -0.1) is 11.8 Å². The molecule has 2 aliphatic heterocycles. The number of rotatable bonds is 15. The molecule has 2 fully saturated rings. The predicted octanol–water partition coefficient (Wildman–Crippen LogP) is 1.27. The number of hydrogen-bond acceptors (Lipinski definition) is 8. The van der Waals surface area contributed by atoms with Gasteiger partial charge in [-0.1, -0.05) is 38.7 Å². The Morgan fingerprint density at radius 2 is 1.84 bits per heavy atom. The van der Waals surface area contributed by atoms with Crippen LogP contribution in [0.4, 0.5) is 0 Å². The van der Waals surface area contributed by atoms with E-state index in [-0.39, 0.29) is 17.6 Å². The van der Waals surface area contributed by atoms with E-state index in [1.54, 1.807) is 6.92 Å². The first kappa shape index (κ1) is 31.4. The third-order valence-corrected chi connectivity index (χ3v) is 7.42. The molecule has 2 aliphatic rings. The van der Waals surface area contributed by atoms with Crippen LogP contribution in [0.1, 0.15) is 60.3 Å². The molecule has 0 aromatic rings. The van der Waals surface area contributed by atoms with Gasteiger partial charge >= 0.3 is 0 Å². The predicted molar refractivity (Wildman–Crippen MR) is 142 cm³/mol. The van der Waals surface area contributed by atoms with Crippen molar-refractivity contribution in [1.29, 1.82) is 0 Å². The molecular formula is C24H39N7O6S. The Hall–Kier alpha value is -2.83. The highest BCUT2D eigenvalue weighted by Crippen LogP contribution is 2.30. The van der Waals surface area contributed by atoms with Crippen LogP contribution in [-0.2, 0) is 28.7 Å². The minimum atomic E-state index is -0.932. The molecule has 0 saturated carbocycles. The first-order valence-corrected chi connectivity index (χ1v) is 14.1. The van der Waals surface area contributed by atoms with Crippen molar-refractivity contribution in [3.8, 4) is 0 Å². The summed E-state index contributed by atoms with van der Waals surface area (Å²) in [4.78, 5) is 68.2. The zero-order chi connectivity index (χ0) is 28.5. The minimum absolute atomic E-state index is 0.152. The SMILES string of the molecule is CCCC[C@H](NC(=O)[C@@H]1CSCN1C(=O)[C@H](C)NC(=O)CN=[N+]=[N-])C(=O)N[C@@H](CC(C)C)C(=O)[C@@]1(C)CO1. The Balaban J connectivity index is 2.08. The van der Waals surface area contributed by atoms with Crippen molar-refractivity contribution in [2.75, 3.05) is 24.8 Å². The number of ketones is 1. The Kier molecular flexibility index (Phi) is 11.9. The van der Waals surface area contributed by atoms with Crippen LogP contribution in [0.5, 0.6) is 0 Å². The highest BCUT2D eigenvalue weighted by atomic mass is 32.2. The average molecular weight is 554 g/mol. The average Bonchev–Trinajstić information content (AvgIpc) is 3.42. The lowest BCUT2D eigenvalue weighted by Gasteiger charge is -2.29. The molecule has 0 aromatic heterocycles. The van der Waals surface area contributed by atoms with Crippen LogP contribution in [0.3, 0.4) is 0 Å². The maximum Gasteiger partial charge on any atom is 0.246 e. The lowest BCUT2D eigenvalue weighted by atomic mass is 9.93. The van der Waals surface area contributed by atoms with E-state index in [4.69, 9.17) is 10.3 Å². The number of ether oxygens (including phenoxy) is 1. The Morgan fingerprint density at radius 1 is 1.16 bits per heavy atom. The summed E-state index contributed by atoms with van der Waals surface area (Å²) >= 11 is 1.39. The molecule has 4 amide bonds. The number of carbonyl (C=O) groups excluding carboxylic acids is 5. The van der Waals surface area contributed by atoms with Crippen LogP contribution >= 0.6 is 11.8 Å². The molecule has 5 atom stereocenters. The number of hydrogen-bond donors (Lipinski definition) is 3. The van der Waals surface area contributed by atoms with Gasteiger partial charge in [0.05, 0.1) is 18.5 Å². The summed E-state index contributed by atoms with van der Waals surface area (Å²) in [7, 11) is 0. The van der Waals surface area contributed by atoms with Gasteiger partial charge in [-0.25, -0.2) is 0 Å². The smallest absolute Gasteiger partial charge is 0.246 e. The topological polar surface area (TPSA) is 186 Å². The van der Waals surface area contributed by atoms with Gasteiger partial charge in [0.2, 0.25) is 23.6 Å². The molecule has 0 radical (unpaired) electrons. The molecule has 13 nitrogen and oxygen atoms in total. The number of carbonyl (C=O) groups is 5. The van der Waals surface area contributed by atoms with Gasteiger partial charge in [-0.05, 0) is 38.1 Å². The fraction of sp³-hybridized carbons (Fsp3) is 0.792. The molecule has 2 rings (SSSR count). The van der Waals surface area contributed by atoms with Crippen molar-refractivity contribution in [2.24, 2.45) is 11.0 Å². The third-order valence-electron chi connectivity index (χ3n) is 6.41. The summed E-state index contributed by atoms with van der Waals surface area (Å²) in [5, 5.41) is 11.3. The van der Waals surface area contributed by atoms with E-state index < -0.39 is 59.9 Å². The fourth-order valence-electron chi connectivity index (χ4n) is 4.11. The number of unbranched alkanes of at least 4 members (excludes halogenated alkanes) is 1. The van der Waals surface area contributed by atoms with Crippen molar-refractivity contribution >= 4 is 41.2 Å². The second kappa shape index (κ2) is 14.4. The number of thioether (sulfide) groups is 1. The number of Topliss-reactive ketones (excluding diaryl/α,β-unsaturated/α-hetero) is 1. The van der Waals surface area contributed by atoms with Gasteiger partial charge in [0, 0.05) is 10.7 Å². The maximum atomic E-state index is 13.3. The summed E-state index contributed by atoms with van der Waals surface area (Å²) in [5.41, 5.74) is 7.46. The second-order valence-corrected chi connectivity index (χ2v) is 11.3. The van der Waals surface area contributed by atoms with E-state index in [2.05, 4.69) is 26.0 Å². The standard InChI is InChI=1S/C24H39N7O6S/c1-6-7-8-16(21(34)29-17(9-14(2)3)20(33)24(5)12-37-24)28-22(35)18-11-38-13-31(18)23(36)15(4)27-19(32)10-26-30-25/h14-18H,6-13H2,1-5H3,(H,27,32)(H,28,35)(H,29,34)/t15-,16-,17-,18-,24+/m0/s1. The number of azide groups is 1. The van der Waals surface area contributed by atoms with Crippen LogP contribution in [0.25, 0.3) is 10.4 Å². The van der Waals surface area contributed by atoms with Gasteiger partial charge in [0.15, 0.2) is 5.78 Å². The van der Waals surface area contributed by atoms with Crippen molar-refractivity contribution in [3.63, 3.8) is 0 Å². The first-order valence-electron chi connectivity index (χ1n) is 12.9. The fourth-order valence-corrected chi connectivity index (χ4v) is 5.27. The monoisotopic (exact) mass is 553 g/mol. The molecule has 0 unspecified atom stereocenters. The molecule has 0 aromatic carbocycles. The largest absolute Gasteiger partial charge is 0.361 e. The van der Waals surface area contributed by atoms with E-state index in [9.17, 15) is 24.0 Å². The lowest BCUT2D eigenvalue weighted by Crippen LogP contribution is -2.58. The summed E-state index contributed by atoms with van der Waals surface area (Å²) in [6, 6.07) is -3.36. The molecule has 0 bridgehead atoms.